The lowest BCUT2D eigenvalue weighted by Crippen LogP contribution is -2.35. The van der Waals surface area contributed by atoms with Crippen LogP contribution in [0.15, 0.2) is 58.2 Å². The average molecular weight is 553 g/mol. The van der Waals surface area contributed by atoms with Crippen molar-refractivity contribution in [2.75, 3.05) is 26.3 Å². The lowest BCUT2D eigenvalue weighted by Gasteiger charge is -2.22. The number of benzene rings is 2. The maximum Gasteiger partial charge on any atom is 0.296 e. The van der Waals surface area contributed by atoms with Gasteiger partial charge in [0.1, 0.15) is 5.75 Å². The lowest BCUT2D eigenvalue weighted by molar-refractivity contribution is 0.254. The van der Waals surface area contributed by atoms with E-state index >= 15 is 0 Å². The Hall–Kier alpha value is -3.61. The quantitative estimate of drug-likeness (QED) is 0.289. The summed E-state index contributed by atoms with van der Waals surface area (Å²) >= 11 is 0. The fraction of sp³-hybridized carbons (Fsp3) is 0.407. The van der Waals surface area contributed by atoms with Crippen LogP contribution in [0.5, 0.6) is 5.75 Å². The molecule has 2 N–H and O–H groups in total. The molecule has 1 aliphatic carbocycles. The van der Waals surface area contributed by atoms with E-state index in [1.54, 1.807) is 6.07 Å². The van der Waals surface area contributed by atoms with Gasteiger partial charge in [-0.05, 0) is 49.9 Å². The first-order valence-electron chi connectivity index (χ1n) is 13.2. The molecule has 1 saturated carbocycles. The van der Waals surface area contributed by atoms with E-state index in [4.69, 9.17) is 4.74 Å². The number of fused-ring (bicyclic) bond motifs is 1. The lowest BCUT2D eigenvalue weighted by atomic mass is 10.1. The topological polar surface area (TPSA) is 143 Å². The average Bonchev–Trinajstić information content (AvgIpc) is 3.62. The molecule has 1 fully saturated rings. The van der Waals surface area contributed by atoms with Crippen LogP contribution in [-0.2, 0) is 16.4 Å². The van der Waals surface area contributed by atoms with Gasteiger partial charge in [0.25, 0.3) is 5.56 Å². The molecule has 5 rings (SSSR count). The van der Waals surface area contributed by atoms with Gasteiger partial charge in [-0.25, -0.2) is 8.42 Å². The van der Waals surface area contributed by atoms with Crippen LogP contribution in [0, 0.1) is 0 Å². The molecule has 1 aliphatic rings. The van der Waals surface area contributed by atoms with E-state index in [1.807, 2.05) is 37.3 Å². The number of hydrogen-bond donors (Lipinski definition) is 2. The number of H-pyrrole nitrogens is 1. The predicted molar refractivity (Wildman–Crippen MR) is 145 cm³/mol. The number of ether oxygens (including phenoxy) is 1. The Morgan fingerprint density at radius 1 is 1.10 bits per heavy atom. The number of nitrogens with one attached hydrogen (secondary N) is 1. The summed E-state index contributed by atoms with van der Waals surface area (Å²) in [5, 5.41) is 22.6. The maximum absolute atomic E-state index is 13.7. The normalized spacial score (nSPS) is 14.4. The molecule has 11 nitrogen and oxygen atoms in total. The van der Waals surface area contributed by atoms with E-state index in [-0.39, 0.29) is 42.0 Å². The molecule has 0 saturated heterocycles. The van der Waals surface area contributed by atoms with E-state index in [0.717, 1.165) is 31.2 Å². The van der Waals surface area contributed by atoms with Crippen molar-refractivity contribution < 1.29 is 18.3 Å². The zero-order valence-electron chi connectivity index (χ0n) is 21.8. The molecule has 39 heavy (non-hydrogen) atoms. The Kier molecular flexibility index (Phi) is 8.05. The van der Waals surface area contributed by atoms with Crippen molar-refractivity contribution in [3.8, 4) is 17.1 Å². The van der Waals surface area contributed by atoms with Gasteiger partial charge in [0.2, 0.25) is 15.7 Å². The minimum Gasteiger partial charge on any atom is -0.493 e. The highest BCUT2D eigenvalue weighted by atomic mass is 32.2. The van der Waals surface area contributed by atoms with E-state index in [9.17, 15) is 18.3 Å². The molecule has 206 valence electrons. The molecule has 0 atom stereocenters. The third-order valence-corrected chi connectivity index (χ3v) is 8.90. The number of aromatic nitrogens is 5. The van der Waals surface area contributed by atoms with Gasteiger partial charge in [0, 0.05) is 19.0 Å². The molecule has 12 heteroatoms. The van der Waals surface area contributed by atoms with E-state index < -0.39 is 15.6 Å². The molecule has 0 amide bonds. The monoisotopic (exact) mass is 552 g/mol. The zero-order valence-corrected chi connectivity index (χ0v) is 22.6. The van der Waals surface area contributed by atoms with Gasteiger partial charge < -0.3 is 14.8 Å². The van der Waals surface area contributed by atoms with Crippen molar-refractivity contribution in [1.29, 1.82) is 0 Å². The van der Waals surface area contributed by atoms with Gasteiger partial charge in [-0.3, -0.25) is 4.79 Å². The van der Waals surface area contributed by atoms with Gasteiger partial charge in [-0.15, -0.1) is 15.3 Å². The first kappa shape index (κ1) is 27.0. The molecular weight excluding hydrogens is 520 g/mol. The van der Waals surface area contributed by atoms with Gasteiger partial charge in [0.15, 0.2) is 11.6 Å². The van der Waals surface area contributed by atoms with Crippen molar-refractivity contribution >= 4 is 15.7 Å². The van der Waals surface area contributed by atoms with E-state index in [1.165, 1.54) is 21.0 Å². The summed E-state index contributed by atoms with van der Waals surface area (Å²) in [7, 11) is -3.99. The third kappa shape index (κ3) is 5.58. The molecule has 2 heterocycles. The summed E-state index contributed by atoms with van der Waals surface area (Å²) in [4.78, 5) is 15.7. The fourth-order valence-electron chi connectivity index (χ4n) is 5.03. The Labute approximate surface area is 226 Å². The molecule has 4 aromatic rings. The second-order valence-corrected chi connectivity index (χ2v) is 11.5. The second kappa shape index (κ2) is 11.6. The minimum absolute atomic E-state index is 0.00461. The Morgan fingerprint density at radius 3 is 2.59 bits per heavy atom. The number of aromatic amines is 1. The van der Waals surface area contributed by atoms with Gasteiger partial charge in [0.05, 0.1) is 23.7 Å². The standard InChI is InChI=1S/C27H32N6O5S/c1-2-38-23-13-12-21(39(36,37)32(16-17-34)15-14-19-8-4-3-5-9-19)18-22(23)24-28-27(35)26-30-29-25(33(26)31-24)20-10-6-7-11-20/h3-5,8-9,12-13,18,20,34H,2,6-7,10-11,14-17H2,1H3,(H,28,31,35). The van der Waals surface area contributed by atoms with Crippen molar-refractivity contribution in [3.05, 3.63) is 70.3 Å². The Morgan fingerprint density at radius 2 is 1.87 bits per heavy atom. The van der Waals surface area contributed by atoms with Crippen molar-refractivity contribution in [2.45, 2.75) is 49.8 Å². The third-order valence-electron chi connectivity index (χ3n) is 7.01. The summed E-state index contributed by atoms with van der Waals surface area (Å²) in [5.41, 5.74) is 0.940. The van der Waals surface area contributed by atoms with Crippen LogP contribution < -0.4 is 10.3 Å². The fourth-order valence-corrected chi connectivity index (χ4v) is 6.49. The molecule has 0 aliphatic heterocycles. The molecule has 2 aromatic carbocycles. The van der Waals surface area contributed by atoms with Crippen LogP contribution in [0.25, 0.3) is 17.0 Å². The zero-order chi connectivity index (χ0) is 27.4. The van der Waals surface area contributed by atoms with Gasteiger partial charge in [-0.1, -0.05) is 43.2 Å². The van der Waals surface area contributed by atoms with Gasteiger partial charge in [-0.2, -0.15) is 8.82 Å². The highest BCUT2D eigenvalue weighted by Crippen LogP contribution is 2.34. The number of sulfonamides is 1. The van der Waals surface area contributed by atoms with Gasteiger partial charge >= 0.3 is 0 Å². The van der Waals surface area contributed by atoms with Crippen molar-refractivity contribution in [2.24, 2.45) is 0 Å². The van der Waals surface area contributed by atoms with E-state index in [2.05, 4.69) is 20.3 Å². The van der Waals surface area contributed by atoms with Crippen LogP contribution in [0.3, 0.4) is 0 Å². The number of hydrogen-bond acceptors (Lipinski definition) is 8. The van der Waals surface area contributed by atoms with Crippen molar-refractivity contribution in [1.82, 2.24) is 29.1 Å². The van der Waals surface area contributed by atoms with Crippen LogP contribution in [0.2, 0.25) is 0 Å². The molecular formula is C27H32N6O5S. The first-order valence-corrected chi connectivity index (χ1v) is 14.6. The summed E-state index contributed by atoms with van der Waals surface area (Å²) in [6.45, 7) is 1.98. The summed E-state index contributed by atoms with van der Waals surface area (Å²) < 4.78 is 36.0. The largest absolute Gasteiger partial charge is 0.493 e. The van der Waals surface area contributed by atoms with E-state index in [0.29, 0.717) is 30.2 Å². The highest BCUT2D eigenvalue weighted by molar-refractivity contribution is 7.89. The second-order valence-electron chi connectivity index (χ2n) is 9.53. The number of aliphatic hydroxyl groups excluding tert-OH is 1. The number of nitrogens with zero attached hydrogens (tertiary/aromatic N) is 5. The molecule has 2 aromatic heterocycles. The minimum atomic E-state index is -3.99. The summed E-state index contributed by atoms with van der Waals surface area (Å²) in [5.74, 6) is 1.33. The summed E-state index contributed by atoms with van der Waals surface area (Å²) in [6.07, 6.45) is 4.56. The number of rotatable bonds is 11. The first-order chi connectivity index (χ1) is 18.9. The molecule has 0 radical (unpaired) electrons. The maximum atomic E-state index is 13.7. The van der Waals surface area contributed by atoms with Crippen LogP contribution >= 0.6 is 0 Å². The highest BCUT2D eigenvalue weighted by Gasteiger charge is 2.27. The Balaban J connectivity index is 1.55. The van der Waals surface area contributed by atoms with Crippen LogP contribution in [0.1, 0.15) is 49.9 Å². The molecule has 0 unspecified atom stereocenters. The molecule has 0 bridgehead atoms. The van der Waals surface area contributed by atoms with Crippen LogP contribution in [-0.4, -0.2) is 68.9 Å². The smallest absolute Gasteiger partial charge is 0.296 e. The Bertz CT molecular complexity index is 1600. The predicted octanol–water partition coefficient (Wildman–Crippen LogP) is 2.76. The number of aliphatic hydroxyl groups is 1. The molecule has 0 spiro atoms. The SMILES string of the molecule is CCOc1ccc(S(=O)(=O)N(CCO)CCc2ccccc2)cc1-c1nn2c(C3CCCC3)nnc2c(=O)[nH]1. The summed E-state index contributed by atoms with van der Waals surface area (Å²) in [6, 6.07) is 14.1. The van der Waals surface area contributed by atoms with Crippen LogP contribution in [0.4, 0.5) is 0 Å². The van der Waals surface area contributed by atoms with Crippen molar-refractivity contribution in [3.63, 3.8) is 0 Å².